The van der Waals surface area contributed by atoms with E-state index < -0.39 is 11.7 Å². The van der Waals surface area contributed by atoms with Gasteiger partial charge in [-0.1, -0.05) is 23.4 Å². The number of alkyl halides is 3. The molecule has 3 aromatic rings. The third-order valence-electron chi connectivity index (χ3n) is 7.01. The highest BCUT2D eigenvalue weighted by atomic mass is 19.4. The number of ether oxygens (including phenoxy) is 1. The lowest BCUT2D eigenvalue weighted by Crippen LogP contribution is -2.49. The van der Waals surface area contributed by atoms with Crippen LogP contribution in [0.1, 0.15) is 52.9 Å². The first-order valence-corrected chi connectivity index (χ1v) is 12.8. The van der Waals surface area contributed by atoms with E-state index in [1.54, 1.807) is 13.4 Å². The van der Waals surface area contributed by atoms with Crippen molar-refractivity contribution >= 4 is 17.7 Å². The van der Waals surface area contributed by atoms with Gasteiger partial charge in [0.1, 0.15) is 12.4 Å². The summed E-state index contributed by atoms with van der Waals surface area (Å²) in [6, 6.07) is 10.4. The number of Topliss-reactive ketones (excluding diaryl/α,β-unsaturated/α-hetero) is 1. The number of nitrogens with zero attached hydrogens (tertiary/aromatic N) is 4. The first kappa shape index (κ1) is 26.5. The molecule has 0 saturated carbocycles. The fourth-order valence-corrected chi connectivity index (χ4v) is 5.02. The maximum Gasteiger partial charge on any atom is 0.416 e. The Morgan fingerprint density at radius 2 is 2.08 bits per heavy atom. The molecule has 0 amide bonds. The number of benzene rings is 2. The Labute approximate surface area is 224 Å². The van der Waals surface area contributed by atoms with Crippen LogP contribution < -0.4 is 4.74 Å². The Morgan fingerprint density at radius 3 is 2.82 bits per heavy atom. The van der Waals surface area contributed by atoms with Crippen LogP contribution in [0.3, 0.4) is 0 Å². The molecule has 204 valence electrons. The monoisotopic (exact) mass is 538 g/mol. The lowest BCUT2D eigenvalue weighted by atomic mass is 9.95. The Bertz CT molecular complexity index is 1430. The molecule has 7 nitrogen and oxygen atoms in total. The molecular formula is C29H29F3N4O3. The number of rotatable bonds is 7. The zero-order valence-electron chi connectivity index (χ0n) is 21.7. The Kier molecular flexibility index (Phi) is 7.45. The van der Waals surface area contributed by atoms with Crippen molar-refractivity contribution in [2.75, 3.05) is 20.3 Å². The Morgan fingerprint density at radius 1 is 1.23 bits per heavy atom. The van der Waals surface area contributed by atoms with Crippen LogP contribution in [-0.4, -0.2) is 52.4 Å². The van der Waals surface area contributed by atoms with E-state index in [9.17, 15) is 18.0 Å². The molecule has 2 aliphatic rings. The molecule has 0 aliphatic carbocycles. The molecule has 10 heteroatoms. The number of imidazole rings is 1. The summed E-state index contributed by atoms with van der Waals surface area (Å²) in [5, 5.41) is 4.33. The van der Waals surface area contributed by atoms with Gasteiger partial charge in [0.25, 0.3) is 0 Å². The number of oxime groups is 1. The van der Waals surface area contributed by atoms with Gasteiger partial charge in [-0.15, -0.1) is 0 Å². The van der Waals surface area contributed by atoms with Gasteiger partial charge in [0.2, 0.25) is 0 Å². The number of hydrogen-bond acceptors (Lipinski definition) is 6. The highest BCUT2D eigenvalue weighted by Crippen LogP contribution is 2.32. The van der Waals surface area contributed by atoms with E-state index in [1.807, 2.05) is 35.9 Å². The summed E-state index contributed by atoms with van der Waals surface area (Å²) in [6.07, 6.45) is 3.55. The van der Waals surface area contributed by atoms with E-state index in [0.29, 0.717) is 18.8 Å². The van der Waals surface area contributed by atoms with Gasteiger partial charge in [-0.05, 0) is 67.7 Å². The van der Waals surface area contributed by atoms with Crippen LogP contribution in [0.4, 0.5) is 13.2 Å². The number of ketones is 1. The molecule has 1 aromatic heterocycles. The fourth-order valence-electron chi connectivity index (χ4n) is 5.02. The minimum atomic E-state index is -4.49. The Balaban J connectivity index is 1.30. The first-order chi connectivity index (χ1) is 18.7. The third kappa shape index (κ3) is 5.84. The normalized spacial score (nSPS) is 18.4. The van der Waals surface area contributed by atoms with E-state index in [1.165, 1.54) is 12.1 Å². The molecule has 5 rings (SSSR count). The molecule has 2 aromatic carbocycles. The highest BCUT2D eigenvalue weighted by Gasteiger charge is 2.33. The number of aryl methyl sites for hydroxylation is 1. The molecule has 1 saturated heterocycles. The van der Waals surface area contributed by atoms with Gasteiger partial charge in [-0.2, -0.15) is 13.2 Å². The van der Waals surface area contributed by atoms with Crippen molar-refractivity contribution in [3.8, 4) is 11.4 Å². The zero-order chi connectivity index (χ0) is 27.6. The number of methoxy groups -OCH3 is 1. The van der Waals surface area contributed by atoms with Crippen molar-refractivity contribution < 1.29 is 27.5 Å². The maximum atomic E-state index is 13.1. The number of fused-ring (bicyclic) bond motifs is 1. The molecular weight excluding hydrogens is 509 g/mol. The van der Waals surface area contributed by atoms with Crippen molar-refractivity contribution in [1.29, 1.82) is 0 Å². The third-order valence-corrected chi connectivity index (χ3v) is 7.01. The second-order valence-corrected chi connectivity index (χ2v) is 9.73. The standard InChI is InChI=1S/C29H29F3N4O3/c1-19-16-35(18-33-19)25-10-8-20(14-27(25)38-2)13-22-6-4-12-36-24(17-39-34-28(22)36)9-11-26(37)21-5-3-7-23(15-21)29(30,31)32/h3,5,7-8,10,13-16,18,24H,4,6,9,11-12,17H2,1-2H3/b22-13+/t24-/m0/s1. The van der Waals surface area contributed by atoms with Gasteiger partial charge in [0.05, 0.1) is 36.4 Å². The minimum Gasteiger partial charge on any atom is -0.495 e. The van der Waals surface area contributed by atoms with Gasteiger partial charge < -0.3 is 19.0 Å². The number of carbonyl (C=O) groups is 1. The summed E-state index contributed by atoms with van der Waals surface area (Å²) in [7, 11) is 1.63. The van der Waals surface area contributed by atoms with E-state index in [0.717, 1.165) is 59.9 Å². The van der Waals surface area contributed by atoms with Gasteiger partial charge in [0.15, 0.2) is 11.6 Å². The van der Waals surface area contributed by atoms with Crippen molar-refractivity contribution in [3.05, 3.63) is 82.9 Å². The first-order valence-electron chi connectivity index (χ1n) is 12.8. The molecule has 0 radical (unpaired) electrons. The van der Waals surface area contributed by atoms with Crippen molar-refractivity contribution in [1.82, 2.24) is 14.5 Å². The van der Waals surface area contributed by atoms with Gasteiger partial charge in [0, 0.05) is 24.7 Å². The van der Waals surface area contributed by atoms with Gasteiger partial charge in [-0.3, -0.25) is 4.79 Å². The molecule has 0 N–H and O–H groups in total. The fraction of sp³-hybridized carbons (Fsp3) is 0.345. The van der Waals surface area contributed by atoms with Crippen LogP contribution >= 0.6 is 0 Å². The average molecular weight is 539 g/mol. The number of piperidine rings is 1. The van der Waals surface area contributed by atoms with Crippen LogP contribution in [0.25, 0.3) is 11.8 Å². The predicted octanol–water partition coefficient (Wildman–Crippen LogP) is 6.06. The summed E-state index contributed by atoms with van der Waals surface area (Å²) in [4.78, 5) is 24.7. The summed E-state index contributed by atoms with van der Waals surface area (Å²) in [5.74, 6) is 1.12. The second kappa shape index (κ2) is 11.0. The molecule has 1 fully saturated rings. The minimum absolute atomic E-state index is 0.0675. The summed E-state index contributed by atoms with van der Waals surface area (Å²) in [5.41, 5.74) is 3.01. The summed E-state index contributed by atoms with van der Waals surface area (Å²) >= 11 is 0. The van der Waals surface area contributed by atoms with Crippen LogP contribution in [-0.2, 0) is 11.0 Å². The van der Waals surface area contributed by atoms with Crippen LogP contribution in [0, 0.1) is 6.92 Å². The second-order valence-electron chi connectivity index (χ2n) is 9.73. The predicted molar refractivity (Wildman–Crippen MR) is 141 cm³/mol. The van der Waals surface area contributed by atoms with Gasteiger partial charge >= 0.3 is 6.18 Å². The van der Waals surface area contributed by atoms with Crippen molar-refractivity contribution in [3.63, 3.8) is 0 Å². The number of carbonyl (C=O) groups excluding carboxylic acids is 1. The largest absolute Gasteiger partial charge is 0.495 e. The molecule has 2 aliphatic heterocycles. The van der Waals surface area contributed by atoms with Gasteiger partial charge in [-0.25, -0.2) is 4.98 Å². The summed E-state index contributed by atoms with van der Waals surface area (Å²) < 4.78 is 46.7. The van der Waals surface area contributed by atoms with Crippen LogP contribution in [0.5, 0.6) is 5.75 Å². The van der Waals surface area contributed by atoms with Crippen molar-refractivity contribution in [2.45, 2.75) is 44.8 Å². The number of halogens is 3. The van der Waals surface area contributed by atoms with E-state index >= 15 is 0 Å². The lowest BCUT2D eigenvalue weighted by molar-refractivity contribution is -0.137. The summed E-state index contributed by atoms with van der Waals surface area (Å²) in [6.45, 7) is 3.02. The lowest BCUT2D eigenvalue weighted by Gasteiger charge is -2.40. The van der Waals surface area contributed by atoms with E-state index in [4.69, 9.17) is 9.57 Å². The topological polar surface area (TPSA) is 69.0 Å². The highest BCUT2D eigenvalue weighted by molar-refractivity contribution is 6.03. The van der Waals surface area contributed by atoms with Crippen molar-refractivity contribution in [2.24, 2.45) is 5.16 Å². The molecule has 0 unspecified atom stereocenters. The SMILES string of the molecule is COc1cc(/C=C2\CCCN3C2=NOC[C@@H]3CCC(=O)c2cccc(C(F)(F)F)c2)ccc1-n1cnc(C)c1. The average Bonchev–Trinajstić information content (AvgIpc) is 3.37. The zero-order valence-corrected chi connectivity index (χ0v) is 21.7. The molecule has 1 atom stereocenters. The Hall–Kier alpha value is -4.08. The van der Waals surface area contributed by atoms with E-state index in [-0.39, 0.29) is 23.8 Å². The molecule has 0 spiro atoms. The molecule has 3 heterocycles. The smallest absolute Gasteiger partial charge is 0.416 e. The quantitative estimate of drug-likeness (QED) is 0.342. The maximum absolute atomic E-state index is 13.1. The molecule has 39 heavy (non-hydrogen) atoms. The number of amidine groups is 1. The number of aromatic nitrogens is 2. The van der Waals surface area contributed by atoms with E-state index in [2.05, 4.69) is 21.1 Å². The van der Waals surface area contributed by atoms with Crippen LogP contribution in [0.2, 0.25) is 0 Å². The van der Waals surface area contributed by atoms with Crippen LogP contribution in [0.15, 0.2) is 65.7 Å². The number of hydrogen-bond donors (Lipinski definition) is 0. The molecule has 0 bridgehead atoms.